The Kier molecular flexibility index (Phi) is 4.69. The molecule has 4 heteroatoms. The van der Waals surface area contributed by atoms with Gasteiger partial charge in [-0.25, -0.2) is 4.39 Å². The average molecular weight is 250 g/mol. The first kappa shape index (κ1) is 14.5. The molecule has 0 spiro atoms. The van der Waals surface area contributed by atoms with Gasteiger partial charge in [0.1, 0.15) is 11.6 Å². The third-order valence-electron chi connectivity index (χ3n) is 2.93. The van der Waals surface area contributed by atoms with Crippen molar-refractivity contribution in [3.05, 3.63) is 29.6 Å². The Hall–Kier alpha value is -1.60. The molecule has 1 rings (SSSR count). The molecule has 1 atom stereocenters. The molecule has 0 saturated carbocycles. The molecule has 0 aliphatic carbocycles. The Morgan fingerprint density at radius 1 is 1.50 bits per heavy atom. The van der Waals surface area contributed by atoms with Gasteiger partial charge in [0.2, 0.25) is 0 Å². The van der Waals surface area contributed by atoms with Gasteiger partial charge >= 0.3 is 0 Å². The predicted molar refractivity (Wildman–Crippen MR) is 69.1 cm³/mol. The fourth-order valence-corrected chi connectivity index (χ4v) is 1.76. The molecular weight excluding hydrogens is 231 g/mol. The van der Waals surface area contributed by atoms with Gasteiger partial charge in [0, 0.05) is 17.5 Å². The first-order chi connectivity index (χ1) is 8.40. The Morgan fingerprint density at radius 3 is 2.72 bits per heavy atom. The number of benzene rings is 1. The van der Waals surface area contributed by atoms with Crippen molar-refractivity contribution in [1.29, 1.82) is 5.26 Å². The summed E-state index contributed by atoms with van der Waals surface area (Å²) in [5.41, 5.74) is 0.473. The van der Waals surface area contributed by atoms with Crippen molar-refractivity contribution in [2.24, 2.45) is 0 Å². The third kappa shape index (κ3) is 3.44. The molecule has 0 aromatic heterocycles. The molecule has 0 aliphatic rings. The highest BCUT2D eigenvalue weighted by Gasteiger charge is 2.25. The molecule has 0 amide bonds. The van der Waals surface area contributed by atoms with E-state index in [1.807, 2.05) is 13.8 Å². The summed E-state index contributed by atoms with van der Waals surface area (Å²) in [6.45, 7) is 6.34. The van der Waals surface area contributed by atoms with Gasteiger partial charge in [-0.05, 0) is 25.1 Å². The molecular formula is C14H19FN2O. The van der Waals surface area contributed by atoms with Crippen LogP contribution < -0.4 is 10.1 Å². The molecule has 0 bridgehead atoms. The maximum atomic E-state index is 13.4. The van der Waals surface area contributed by atoms with Crippen molar-refractivity contribution < 1.29 is 9.13 Å². The van der Waals surface area contributed by atoms with Gasteiger partial charge in [-0.1, -0.05) is 13.8 Å². The van der Waals surface area contributed by atoms with E-state index in [9.17, 15) is 4.39 Å². The predicted octanol–water partition coefficient (Wildman–Crippen LogP) is 2.61. The van der Waals surface area contributed by atoms with Crippen LogP contribution in [0.3, 0.4) is 0 Å². The van der Waals surface area contributed by atoms with E-state index in [-0.39, 0.29) is 17.3 Å². The standard InChI is InChI=1S/C14H19FN2O/c1-10(8-16)17-9-14(2,3)12-7-11(15)5-6-13(12)18-4/h5-7,10,17H,9H2,1-4H3. The van der Waals surface area contributed by atoms with Crippen molar-refractivity contribution in [3.63, 3.8) is 0 Å². The van der Waals surface area contributed by atoms with Crippen molar-refractivity contribution in [1.82, 2.24) is 5.32 Å². The number of hydrogen-bond donors (Lipinski definition) is 1. The number of nitriles is 1. The fraction of sp³-hybridized carbons (Fsp3) is 0.500. The highest BCUT2D eigenvalue weighted by molar-refractivity contribution is 5.39. The zero-order valence-corrected chi connectivity index (χ0v) is 11.2. The number of hydrogen-bond acceptors (Lipinski definition) is 3. The molecule has 0 radical (unpaired) electrons. The SMILES string of the molecule is COc1ccc(F)cc1C(C)(C)CNC(C)C#N. The molecule has 0 heterocycles. The largest absolute Gasteiger partial charge is 0.496 e. The van der Waals surface area contributed by atoms with E-state index in [4.69, 9.17) is 10.00 Å². The Bertz CT molecular complexity index is 452. The van der Waals surface area contributed by atoms with E-state index in [1.165, 1.54) is 12.1 Å². The quantitative estimate of drug-likeness (QED) is 0.873. The zero-order valence-electron chi connectivity index (χ0n) is 11.2. The monoisotopic (exact) mass is 250 g/mol. The van der Waals surface area contributed by atoms with E-state index in [2.05, 4.69) is 11.4 Å². The van der Waals surface area contributed by atoms with Crippen LogP contribution in [0.4, 0.5) is 4.39 Å². The second-order valence-electron chi connectivity index (χ2n) is 4.96. The van der Waals surface area contributed by atoms with Gasteiger partial charge in [-0.2, -0.15) is 5.26 Å². The first-order valence-corrected chi connectivity index (χ1v) is 5.87. The lowest BCUT2D eigenvalue weighted by Crippen LogP contribution is -2.37. The highest BCUT2D eigenvalue weighted by Crippen LogP contribution is 2.31. The average Bonchev–Trinajstić information content (AvgIpc) is 2.36. The Labute approximate surface area is 108 Å². The van der Waals surface area contributed by atoms with Crippen LogP contribution in [0.5, 0.6) is 5.75 Å². The second-order valence-corrected chi connectivity index (χ2v) is 4.96. The van der Waals surface area contributed by atoms with Crippen LogP contribution in [-0.4, -0.2) is 19.7 Å². The van der Waals surface area contributed by atoms with E-state index in [0.29, 0.717) is 12.3 Å². The molecule has 98 valence electrons. The smallest absolute Gasteiger partial charge is 0.123 e. The summed E-state index contributed by atoms with van der Waals surface area (Å²) in [4.78, 5) is 0. The zero-order chi connectivity index (χ0) is 13.8. The molecule has 1 N–H and O–H groups in total. The maximum absolute atomic E-state index is 13.4. The minimum absolute atomic E-state index is 0.233. The summed E-state index contributed by atoms with van der Waals surface area (Å²) in [7, 11) is 1.57. The van der Waals surface area contributed by atoms with Crippen LogP contribution in [0, 0.1) is 17.1 Å². The topological polar surface area (TPSA) is 45.0 Å². The molecule has 3 nitrogen and oxygen atoms in total. The summed E-state index contributed by atoms with van der Waals surface area (Å²) in [6, 6.07) is 6.37. The number of nitrogens with one attached hydrogen (secondary N) is 1. The lowest BCUT2D eigenvalue weighted by molar-refractivity contribution is 0.381. The number of ether oxygens (including phenoxy) is 1. The van der Waals surface area contributed by atoms with Crippen LogP contribution >= 0.6 is 0 Å². The molecule has 1 aromatic carbocycles. The fourth-order valence-electron chi connectivity index (χ4n) is 1.76. The molecule has 1 unspecified atom stereocenters. The molecule has 18 heavy (non-hydrogen) atoms. The number of nitrogens with zero attached hydrogens (tertiary/aromatic N) is 1. The van der Waals surface area contributed by atoms with Crippen molar-refractivity contribution in [3.8, 4) is 11.8 Å². The van der Waals surface area contributed by atoms with Gasteiger partial charge in [0.15, 0.2) is 0 Å². The van der Waals surface area contributed by atoms with E-state index in [1.54, 1.807) is 20.1 Å². The van der Waals surface area contributed by atoms with Crippen molar-refractivity contribution >= 4 is 0 Å². The Morgan fingerprint density at radius 2 is 2.17 bits per heavy atom. The van der Waals surface area contributed by atoms with E-state index in [0.717, 1.165) is 5.56 Å². The van der Waals surface area contributed by atoms with Crippen LogP contribution in [-0.2, 0) is 5.41 Å². The summed E-state index contributed by atoms with van der Waals surface area (Å²) in [5, 5.41) is 11.9. The normalized spacial score (nSPS) is 12.9. The summed E-state index contributed by atoms with van der Waals surface area (Å²) < 4.78 is 18.6. The van der Waals surface area contributed by atoms with Crippen LogP contribution in [0.2, 0.25) is 0 Å². The third-order valence-corrected chi connectivity index (χ3v) is 2.93. The van der Waals surface area contributed by atoms with Crippen molar-refractivity contribution in [2.75, 3.05) is 13.7 Å². The summed E-state index contributed by atoms with van der Waals surface area (Å²) in [5.74, 6) is 0.375. The van der Waals surface area contributed by atoms with E-state index >= 15 is 0 Å². The number of methoxy groups -OCH3 is 1. The van der Waals surface area contributed by atoms with Crippen LogP contribution in [0.1, 0.15) is 26.3 Å². The van der Waals surface area contributed by atoms with Crippen LogP contribution in [0.15, 0.2) is 18.2 Å². The van der Waals surface area contributed by atoms with Gasteiger partial charge < -0.3 is 10.1 Å². The van der Waals surface area contributed by atoms with Gasteiger partial charge in [-0.15, -0.1) is 0 Å². The molecule has 0 saturated heterocycles. The maximum Gasteiger partial charge on any atom is 0.123 e. The molecule has 0 aliphatic heterocycles. The first-order valence-electron chi connectivity index (χ1n) is 5.87. The molecule has 1 aromatic rings. The summed E-state index contributed by atoms with van der Waals surface area (Å²) in [6.07, 6.45) is 0. The molecule has 0 fully saturated rings. The number of halogens is 1. The summed E-state index contributed by atoms with van der Waals surface area (Å²) >= 11 is 0. The number of rotatable bonds is 5. The lowest BCUT2D eigenvalue weighted by atomic mass is 9.83. The highest BCUT2D eigenvalue weighted by atomic mass is 19.1. The van der Waals surface area contributed by atoms with Gasteiger partial charge in [0.25, 0.3) is 0 Å². The van der Waals surface area contributed by atoms with Gasteiger partial charge in [0.05, 0.1) is 19.2 Å². The van der Waals surface area contributed by atoms with E-state index < -0.39 is 0 Å². The minimum Gasteiger partial charge on any atom is -0.496 e. The van der Waals surface area contributed by atoms with Gasteiger partial charge in [-0.3, -0.25) is 0 Å². The lowest BCUT2D eigenvalue weighted by Gasteiger charge is -2.28. The minimum atomic E-state index is -0.321. The van der Waals surface area contributed by atoms with Crippen molar-refractivity contribution in [2.45, 2.75) is 32.2 Å². The Balaban J connectivity index is 2.96. The van der Waals surface area contributed by atoms with Crippen LogP contribution in [0.25, 0.3) is 0 Å². The second kappa shape index (κ2) is 5.83.